The van der Waals surface area contributed by atoms with E-state index in [1.54, 1.807) is 16.1 Å². The molecule has 0 amide bonds. The molecule has 2 aromatic heterocycles. The van der Waals surface area contributed by atoms with Gasteiger partial charge >= 0.3 is 6.01 Å². The number of aromatic nitrogens is 3. The number of pyridine rings is 1. The second-order valence-corrected chi connectivity index (χ2v) is 18.4. The Hall–Kier alpha value is -4.40. The molecule has 2 N–H and O–H groups in total. The molecule has 2 aromatic carbocycles. The van der Waals surface area contributed by atoms with Crippen molar-refractivity contribution in [2.24, 2.45) is 11.3 Å². The predicted octanol–water partition coefficient (Wildman–Crippen LogP) is 4.70. The highest BCUT2D eigenvalue weighted by Gasteiger charge is 2.49. The molecule has 16 heteroatoms. The van der Waals surface area contributed by atoms with Crippen LogP contribution in [0.2, 0.25) is 0 Å². The minimum atomic E-state index is -3.24. The summed E-state index contributed by atoms with van der Waals surface area (Å²) in [5.74, 6) is 1.02. The number of hydrogen-bond donors (Lipinski definition) is 2. The number of methoxy groups -OCH3 is 1. The standard InChI is InChI=1S/C41H48F2N6O7S/c1-5-28-30(42)10-9-26-18-27(50)19-29(32(26)28)35-34(43)36-33(38(44-35)54-3)37(48-16-17-55-23-40(2,51)22-48)46-39(45-36)56-24-41-12-6-8-31(41)47(14-7-13-41)20-25-11-15-49(21-25)57(4,52)53/h1,9-10,18-19,25,31,50-51H,6-8,11-17,20-24H2,2-4H3. The van der Waals surface area contributed by atoms with Crippen molar-refractivity contribution >= 4 is 37.5 Å². The van der Waals surface area contributed by atoms with Crippen molar-refractivity contribution in [3.63, 3.8) is 0 Å². The van der Waals surface area contributed by atoms with Crippen LogP contribution in [0.3, 0.4) is 0 Å². The lowest BCUT2D eigenvalue weighted by molar-refractivity contribution is -0.0123. The van der Waals surface area contributed by atoms with Gasteiger partial charge in [-0.3, -0.25) is 4.90 Å². The fourth-order valence-corrected chi connectivity index (χ4v) is 10.6. The van der Waals surface area contributed by atoms with E-state index in [-0.39, 0.29) is 100 Å². The van der Waals surface area contributed by atoms with Gasteiger partial charge in [-0.05, 0) is 75.1 Å². The van der Waals surface area contributed by atoms with E-state index in [2.05, 4.69) is 20.8 Å². The summed E-state index contributed by atoms with van der Waals surface area (Å²) in [6.45, 7) is 5.44. The van der Waals surface area contributed by atoms with Crippen LogP contribution in [0.25, 0.3) is 32.9 Å². The van der Waals surface area contributed by atoms with Gasteiger partial charge in [-0.25, -0.2) is 26.5 Å². The third kappa shape index (κ3) is 7.44. The maximum atomic E-state index is 17.3. The van der Waals surface area contributed by atoms with E-state index >= 15 is 8.78 Å². The largest absolute Gasteiger partial charge is 0.508 e. The van der Waals surface area contributed by atoms with Crippen LogP contribution < -0.4 is 14.4 Å². The molecule has 4 aromatic rings. The smallest absolute Gasteiger partial charge is 0.319 e. The van der Waals surface area contributed by atoms with Gasteiger partial charge in [0.05, 0.1) is 45.3 Å². The highest BCUT2D eigenvalue weighted by Crippen LogP contribution is 2.49. The van der Waals surface area contributed by atoms with Gasteiger partial charge in [0.1, 0.15) is 39.6 Å². The molecule has 13 nitrogen and oxygen atoms in total. The quantitative estimate of drug-likeness (QED) is 0.226. The summed E-state index contributed by atoms with van der Waals surface area (Å²) in [5, 5.41) is 22.6. The number of piperidine rings is 1. The first kappa shape index (κ1) is 39.4. The van der Waals surface area contributed by atoms with Gasteiger partial charge in [-0.1, -0.05) is 18.4 Å². The highest BCUT2D eigenvalue weighted by molar-refractivity contribution is 7.88. The Kier molecular flexibility index (Phi) is 10.4. The van der Waals surface area contributed by atoms with Gasteiger partial charge in [0.25, 0.3) is 0 Å². The van der Waals surface area contributed by atoms with Gasteiger partial charge in [-0.15, -0.1) is 6.42 Å². The van der Waals surface area contributed by atoms with Crippen molar-refractivity contribution < 1.29 is 41.6 Å². The Morgan fingerprint density at radius 3 is 2.65 bits per heavy atom. The van der Waals surface area contributed by atoms with Crippen molar-refractivity contribution in [3.05, 3.63) is 41.5 Å². The molecule has 3 aliphatic heterocycles. The Morgan fingerprint density at radius 2 is 1.89 bits per heavy atom. The number of halogens is 2. The summed E-state index contributed by atoms with van der Waals surface area (Å²) < 4.78 is 76.5. The molecule has 304 valence electrons. The van der Waals surface area contributed by atoms with Crippen LogP contribution in [-0.4, -0.2) is 127 Å². The number of hydrogen-bond acceptors (Lipinski definition) is 12. The molecule has 4 aliphatic rings. The second-order valence-electron chi connectivity index (χ2n) is 16.4. The number of likely N-dealkylation sites (tertiary alicyclic amines) is 1. The summed E-state index contributed by atoms with van der Waals surface area (Å²) in [6.07, 6.45) is 12.6. The molecule has 0 radical (unpaired) electrons. The lowest BCUT2D eigenvalue weighted by atomic mass is 9.75. The average Bonchev–Trinajstić information content (AvgIpc) is 3.79. The van der Waals surface area contributed by atoms with Crippen LogP contribution >= 0.6 is 0 Å². The van der Waals surface area contributed by atoms with Gasteiger partial charge in [0.2, 0.25) is 15.9 Å². The molecule has 4 fully saturated rings. The minimum Gasteiger partial charge on any atom is -0.508 e. The Labute approximate surface area is 331 Å². The summed E-state index contributed by atoms with van der Waals surface area (Å²) >= 11 is 0. The first-order valence-electron chi connectivity index (χ1n) is 19.4. The number of benzene rings is 2. The molecular weight excluding hydrogens is 759 g/mol. The third-order valence-electron chi connectivity index (χ3n) is 12.2. The number of ether oxygens (including phenoxy) is 3. The number of fused-ring (bicyclic) bond motifs is 3. The zero-order chi connectivity index (χ0) is 40.3. The molecule has 4 unspecified atom stereocenters. The van der Waals surface area contributed by atoms with Crippen LogP contribution in [0, 0.1) is 35.3 Å². The number of rotatable bonds is 9. The summed E-state index contributed by atoms with van der Waals surface area (Å²) in [7, 11) is -1.86. The predicted molar refractivity (Wildman–Crippen MR) is 211 cm³/mol. The normalized spacial score (nSPS) is 26.1. The van der Waals surface area contributed by atoms with Crippen LogP contribution in [-0.2, 0) is 14.8 Å². The molecule has 57 heavy (non-hydrogen) atoms. The van der Waals surface area contributed by atoms with E-state index in [9.17, 15) is 18.6 Å². The van der Waals surface area contributed by atoms with Crippen molar-refractivity contribution in [1.29, 1.82) is 0 Å². The van der Waals surface area contributed by atoms with Gasteiger partial charge < -0.3 is 29.3 Å². The molecule has 0 bridgehead atoms. The Morgan fingerprint density at radius 1 is 1.09 bits per heavy atom. The number of β-amino-alcohol motifs (C(OH)–C–C–N with tert-alkyl or cyclic N) is 1. The molecule has 4 atom stereocenters. The monoisotopic (exact) mass is 806 g/mol. The summed E-state index contributed by atoms with van der Waals surface area (Å²) in [5.41, 5.74) is -2.03. The van der Waals surface area contributed by atoms with Crippen molar-refractivity contribution in [2.75, 3.05) is 77.4 Å². The van der Waals surface area contributed by atoms with Gasteiger partial charge in [-0.2, -0.15) is 9.97 Å². The van der Waals surface area contributed by atoms with Crippen LogP contribution in [0.15, 0.2) is 24.3 Å². The zero-order valence-electron chi connectivity index (χ0n) is 32.4. The average molecular weight is 807 g/mol. The highest BCUT2D eigenvalue weighted by atomic mass is 32.2. The number of phenolic OH excluding ortho intramolecular Hbond substituents is 1. The number of phenols is 1. The number of anilines is 1. The van der Waals surface area contributed by atoms with Crippen molar-refractivity contribution in [3.8, 4) is 41.2 Å². The molecule has 8 rings (SSSR count). The third-order valence-corrected chi connectivity index (χ3v) is 13.5. The number of aromatic hydroxyl groups is 1. The van der Waals surface area contributed by atoms with Crippen molar-refractivity contribution in [1.82, 2.24) is 24.2 Å². The van der Waals surface area contributed by atoms with E-state index < -0.39 is 27.3 Å². The van der Waals surface area contributed by atoms with E-state index in [0.717, 1.165) is 51.6 Å². The maximum absolute atomic E-state index is 17.3. The number of nitrogens with zero attached hydrogens (tertiary/aromatic N) is 6. The summed E-state index contributed by atoms with van der Waals surface area (Å²) in [6, 6.07) is 5.47. The van der Waals surface area contributed by atoms with E-state index in [4.69, 9.17) is 25.6 Å². The van der Waals surface area contributed by atoms with E-state index in [1.807, 2.05) is 0 Å². The maximum Gasteiger partial charge on any atom is 0.319 e. The fourth-order valence-electron chi connectivity index (χ4n) is 9.68. The first-order valence-corrected chi connectivity index (χ1v) is 21.3. The minimum absolute atomic E-state index is 0.0402. The zero-order valence-corrected chi connectivity index (χ0v) is 33.2. The Balaban J connectivity index is 1.21. The van der Waals surface area contributed by atoms with Gasteiger partial charge in [0, 0.05) is 48.6 Å². The molecule has 3 saturated heterocycles. The lowest BCUT2D eigenvalue weighted by Crippen LogP contribution is -2.53. The molecule has 1 aliphatic carbocycles. The molecule has 0 spiro atoms. The Bertz CT molecular complexity index is 2380. The van der Waals surface area contributed by atoms with Crippen molar-refractivity contribution in [2.45, 2.75) is 57.1 Å². The SMILES string of the molecule is C#Cc1c(F)ccc2cc(O)cc(-c3nc(OC)c4c(N5CCOCC(C)(O)C5)nc(OCC56CCCC5N(CC5CCN(S(C)(=O)=O)C5)CCC6)nc4c3F)c12. The lowest BCUT2D eigenvalue weighted by Gasteiger charge is -2.47. The first-order chi connectivity index (χ1) is 27.2. The summed E-state index contributed by atoms with van der Waals surface area (Å²) in [4.78, 5) is 18.4. The van der Waals surface area contributed by atoms with E-state index in [1.165, 1.54) is 37.6 Å². The topological polar surface area (TPSA) is 151 Å². The molecule has 1 saturated carbocycles. The second kappa shape index (κ2) is 15.1. The van der Waals surface area contributed by atoms with Gasteiger partial charge in [0.15, 0.2) is 5.82 Å². The van der Waals surface area contributed by atoms with Crippen LogP contribution in [0.5, 0.6) is 17.6 Å². The molecular formula is C41H48F2N6O7S. The number of terminal acetylenes is 1. The van der Waals surface area contributed by atoms with Crippen LogP contribution in [0.4, 0.5) is 14.6 Å². The fraction of sp³-hybridized carbons (Fsp3) is 0.537. The molecule has 5 heterocycles. The number of aliphatic hydroxyl groups is 1. The van der Waals surface area contributed by atoms with Crippen LogP contribution in [0.1, 0.15) is 51.0 Å². The number of sulfonamides is 1. The van der Waals surface area contributed by atoms with E-state index in [0.29, 0.717) is 25.0 Å².